The predicted molar refractivity (Wildman–Crippen MR) is 163 cm³/mol. The number of rotatable bonds is 4. The number of anilines is 4. The van der Waals surface area contributed by atoms with Gasteiger partial charge in [-0.15, -0.1) is 0 Å². The highest BCUT2D eigenvalue weighted by Crippen LogP contribution is 2.44. The van der Waals surface area contributed by atoms with Crippen LogP contribution in [-0.2, 0) is 5.41 Å². The van der Waals surface area contributed by atoms with Gasteiger partial charge in [0.2, 0.25) is 0 Å². The zero-order chi connectivity index (χ0) is 27.5. The van der Waals surface area contributed by atoms with Gasteiger partial charge in [0.15, 0.2) is 0 Å². The Kier molecular flexibility index (Phi) is 5.98. The van der Waals surface area contributed by atoms with Crippen LogP contribution >= 0.6 is 0 Å². The van der Waals surface area contributed by atoms with Gasteiger partial charge in [-0.2, -0.15) is 0 Å². The van der Waals surface area contributed by atoms with Crippen molar-refractivity contribution in [1.29, 1.82) is 0 Å². The van der Waals surface area contributed by atoms with Crippen molar-refractivity contribution in [3.63, 3.8) is 0 Å². The number of allylic oxidation sites excluding steroid dienone is 4. The van der Waals surface area contributed by atoms with E-state index in [2.05, 4.69) is 141 Å². The lowest BCUT2D eigenvalue weighted by Crippen LogP contribution is -2.30. The van der Waals surface area contributed by atoms with Gasteiger partial charge >= 0.3 is 0 Å². The molecule has 1 aliphatic carbocycles. The summed E-state index contributed by atoms with van der Waals surface area (Å²) < 4.78 is 6.59. The van der Waals surface area contributed by atoms with Gasteiger partial charge in [-0.25, -0.2) is 0 Å². The van der Waals surface area contributed by atoms with Crippen molar-refractivity contribution >= 4 is 22.7 Å². The quantitative estimate of drug-likeness (QED) is 0.345. The molecule has 0 unspecified atom stereocenters. The van der Waals surface area contributed by atoms with E-state index in [1.165, 1.54) is 39.3 Å². The standard InChI is InChI=1S/C34H38N4O/c1-23-15-32-33(16-24(23)2)37(22-35(32)6)28-17-26(34(3,4)5)18-30(20-28)39-29-13-10-12-27(19-29)38-21-25-11-8-9-14-31(25)36(38)7/h8-10,12-21H,11,22H2,1-7H3. The molecule has 0 atom stereocenters. The Labute approximate surface area is 232 Å². The second kappa shape index (κ2) is 9.26. The van der Waals surface area contributed by atoms with E-state index in [1.54, 1.807) is 0 Å². The lowest BCUT2D eigenvalue weighted by atomic mass is 9.86. The molecule has 3 aliphatic rings. The molecule has 0 fully saturated rings. The Morgan fingerprint density at radius 1 is 0.821 bits per heavy atom. The topological polar surface area (TPSA) is 22.2 Å². The summed E-state index contributed by atoms with van der Waals surface area (Å²) in [5, 5.41) is 4.39. The molecule has 0 N–H and O–H groups in total. The molecule has 3 aromatic rings. The van der Waals surface area contributed by atoms with Gasteiger partial charge in [0, 0.05) is 38.1 Å². The molecular formula is C34H38N4O. The van der Waals surface area contributed by atoms with Crippen LogP contribution in [-0.4, -0.2) is 25.8 Å². The maximum Gasteiger partial charge on any atom is 0.129 e. The third-order valence-corrected chi connectivity index (χ3v) is 8.04. The fourth-order valence-electron chi connectivity index (χ4n) is 5.55. The smallest absolute Gasteiger partial charge is 0.129 e. The van der Waals surface area contributed by atoms with Gasteiger partial charge in [0.25, 0.3) is 0 Å². The van der Waals surface area contributed by atoms with Crippen molar-refractivity contribution < 1.29 is 4.74 Å². The largest absolute Gasteiger partial charge is 0.457 e. The van der Waals surface area contributed by atoms with Crippen molar-refractivity contribution in [2.75, 3.05) is 35.6 Å². The Bertz CT molecular complexity index is 1540. The Morgan fingerprint density at radius 3 is 2.31 bits per heavy atom. The van der Waals surface area contributed by atoms with Gasteiger partial charge in [0.1, 0.15) is 11.5 Å². The van der Waals surface area contributed by atoms with Crippen LogP contribution in [0.4, 0.5) is 22.7 Å². The molecule has 200 valence electrons. The van der Waals surface area contributed by atoms with Crippen LogP contribution in [0.1, 0.15) is 43.9 Å². The minimum absolute atomic E-state index is 0.0177. The number of hydrazine groups is 1. The molecule has 0 bridgehead atoms. The summed E-state index contributed by atoms with van der Waals surface area (Å²) in [4.78, 5) is 4.72. The number of aryl methyl sites for hydroxylation is 2. The minimum atomic E-state index is -0.0177. The van der Waals surface area contributed by atoms with Gasteiger partial charge in [0.05, 0.1) is 29.4 Å². The lowest BCUT2D eigenvalue weighted by molar-refractivity contribution is 0.449. The van der Waals surface area contributed by atoms with Crippen LogP contribution in [0.5, 0.6) is 11.5 Å². The number of hydrogen-bond acceptors (Lipinski definition) is 5. The Balaban J connectivity index is 1.35. The molecule has 5 nitrogen and oxygen atoms in total. The predicted octanol–water partition coefficient (Wildman–Crippen LogP) is 8.33. The van der Waals surface area contributed by atoms with Gasteiger partial charge < -0.3 is 14.5 Å². The monoisotopic (exact) mass is 518 g/mol. The molecule has 6 rings (SSSR count). The van der Waals surface area contributed by atoms with Gasteiger partial charge in [-0.05, 0) is 90.4 Å². The van der Waals surface area contributed by atoms with Crippen molar-refractivity contribution in [2.24, 2.45) is 0 Å². The van der Waals surface area contributed by atoms with Crippen molar-refractivity contribution in [3.05, 3.63) is 107 Å². The molecule has 5 heteroatoms. The number of hydrogen-bond donors (Lipinski definition) is 0. The maximum absolute atomic E-state index is 6.59. The van der Waals surface area contributed by atoms with Gasteiger partial charge in [-0.1, -0.05) is 39.0 Å². The number of likely N-dealkylation sites (N-methyl/N-ethyl adjacent to an activating group) is 1. The highest BCUT2D eigenvalue weighted by molar-refractivity contribution is 5.84. The van der Waals surface area contributed by atoms with Crippen LogP contribution in [0.15, 0.2) is 90.3 Å². The molecular weight excluding hydrogens is 480 g/mol. The van der Waals surface area contributed by atoms with E-state index in [0.717, 1.165) is 36.0 Å². The van der Waals surface area contributed by atoms with E-state index in [9.17, 15) is 0 Å². The van der Waals surface area contributed by atoms with E-state index < -0.39 is 0 Å². The number of benzene rings is 3. The van der Waals surface area contributed by atoms with E-state index in [1.807, 2.05) is 6.07 Å². The Hall–Kier alpha value is -4.12. The van der Waals surface area contributed by atoms with Crippen LogP contribution < -0.4 is 19.5 Å². The SMILES string of the molecule is Cc1cc2c(cc1C)N(c1cc(Oc3cccc(N4C=C5CC=CC=C5N4C)c3)cc(C(C)(C)C)c1)CN2C. The molecule has 0 spiro atoms. The molecule has 39 heavy (non-hydrogen) atoms. The third-order valence-electron chi connectivity index (χ3n) is 8.04. The average Bonchev–Trinajstić information content (AvgIpc) is 3.40. The fraction of sp³-hybridized carbons (Fsp3) is 0.294. The molecule has 0 saturated carbocycles. The fourth-order valence-corrected chi connectivity index (χ4v) is 5.55. The molecule has 0 amide bonds. The van der Waals surface area contributed by atoms with Crippen LogP contribution in [0.25, 0.3) is 0 Å². The van der Waals surface area contributed by atoms with E-state index in [4.69, 9.17) is 4.74 Å². The maximum atomic E-state index is 6.59. The minimum Gasteiger partial charge on any atom is -0.457 e. The summed E-state index contributed by atoms with van der Waals surface area (Å²) >= 11 is 0. The summed E-state index contributed by atoms with van der Waals surface area (Å²) in [6.45, 7) is 12.0. The normalized spacial score (nSPS) is 16.4. The van der Waals surface area contributed by atoms with E-state index in [-0.39, 0.29) is 5.41 Å². The summed E-state index contributed by atoms with van der Waals surface area (Å²) in [6.07, 6.45) is 9.68. The van der Waals surface area contributed by atoms with Crippen molar-refractivity contribution in [2.45, 2.75) is 46.5 Å². The Morgan fingerprint density at radius 2 is 1.56 bits per heavy atom. The molecule has 0 aromatic heterocycles. The first-order chi connectivity index (χ1) is 18.6. The molecule has 0 saturated heterocycles. The second-order valence-electron chi connectivity index (χ2n) is 12.0. The summed E-state index contributed by atoms with van der Waals surface area (Å²) in [7, 11) is 4.27. The number of ether oxygens (including phenoxy) is 1. The highest BCUT2D eigenvalue weighted by atomic mass is 16.5. The number of nitrogens with zero attached hydrogens (tertiary/aromatic N) is 4. The summed E-state index contributed by atoms with van der Waals surface area (Å²) in [6, 6.07) is 19.6. The first-order valence-electron chi connectivity index (χ1n) is 13.7. The third kappa shape index (κ3) is 4.56. The lowest BCUT2D eigenvalue weighted by Gasteiger charge is -2.29. The van der Waals surface area contributed by atoms with Crippen LogP contribution in [0.2, 0.25) is 0 Å². The van der Waals surface area contributed by atoms with E-state index in [0.29, 0.717) is 0 Å². The molecule has 3 aromatic carbocycles. The van der Waals surface area contributed by atoms with Crippen LogP contribution in [0, 0.1) is 13.8 Å². The molecule has 2 heterocycles. The van der Waals surface area contributed by atoms with Gasteiger partial charge in [-0.3, -0.25) is 10.0 Å². The average molecular weight is 519 g/mol. The highest BCUT2D eigenvalue weighted by Gasteiger charge is 2.28. The number of fused-ring (bicyclic) bond motifs is 2. The summed E-state index contributed by atoms with van der Waals surface area (Å²) in [5.41, 5.74) is 11.2. The zero-order valence-corrected chi connectivity index (χ0v) is 24.1. The van der Waals surface area contributed by atoms with Crippen molar-refractivity contribution in [1.82, 2.24) is 5.01 Å². The van der Waals surface area contributed by atoms with Crippen LogP contribution in [0.3, 0.4) is 0 Å². The summed E-state index contributed by atoms with van der Waals surface area (Å²) in [5.74, 6) is 1.67. The van der Waals surface area contributed by atoms with E-state index >= 15 is 0 Å². The molecule has 2 aliphatic heterocycles. The first kappa shape index (κ1) is 25.2. The second-order valence-corrected chi connectivity index (χ2v) is 12.0. The first-order valence-corrected chi connectivity index (χ1v) is 13.7. The van der Waals surface area contributed by atoms with Crippen molar-refractivity contribution in [3.8, 4) is 11.5 Å². The zero-order valence-electron chi connectivity index (χ0n) is 24.1. The molecule has 0 radical (unpaired) electrons.